The van der Waals surface area contributed by atoms with Gasteiger partial charge in [0.1, 0.15) is 0 Å². The largest absolute Gasteiger partial charge is 0.303 e. The van der Waals surface area contributed by atoms with Crippen LogP contribution >= 0.6 is 0 Å². The predicted octanol–water partition coefficient (Wildman–Crippen LogP) is 2.37. The molecule has 0 unspecified atom stereocenters. The van der Waals surface area contributed by atoms with Gasteiger partial charge in [0, 0.05) is 13.1 Å². The van der Waals surface area contributed by atoms with Gasteiger partial charge in [-0.2, -0.15) is 0 Å². The highest BCUT2D eigenvalue weighted by atomic mass is 15.1. The second-order valence-corrected chi connectivity index (χ2v) is 5.00. The van der Waals surface area contributed by atoms with Crippen LogP contribution in [0.3, 0.4) is 0 Å². The Morgan fingerprint density at radius 3 is 2.50 bits per heavy atom. The molecule has 1 nitrogen and oxygen atoms in total. The van der Waals surface area contributed by atoms with Crippen LogP contribution in [0, 0.1) is 17.8 Å². The normalized spacial score (nSPS) is 31.8. The fourth-order valence-corrected chi connectivity index (χ4v) is 2.24. The maximum Gasteiger partial charge on any atom is 0.00127 e. The maximum atomic E-state index is 2.68. The molecule has 2 fully saturated rings. The molecule has 0 radical (unpaired) electrons. The van der Waals surface area contributed by atoms with E-state index in [2.05, 4.69) is 18.7 Å². The van der Waals surface area contributed by atoms with Crippen LogP contribution in [0.25, 0.3) is 0 Å². The lowest BCUT2D eigenvalue weighted by Gasteiger charge is -2.17. The van der Waals surface area contributed by atoms with Gasteiger partial charge in [-0.1, -0.05) is 13.8 Å². The van der Waals surface area contributed by atoms with Gasteiger partial charge in [-0.05, 0) is 43.6 Å². The molecule has 0 spiro atoms. The highest BCUT2D eigenvalue weighted by Crippen LogP contribution is 2.32. The summed E-state index contributed by atoms with van der Waals surface area (Å²) in [7, 11) is 0. The first-order valence-electron chi connectivity index (χ1n) is 5.48. The Balaban J connectivity index is 1.73. The van der Waals surface area contributed by atoms with Crippen LogP contribution in [0.5, 0.6) is 0 Å². The zero-order chi connectivity index (χ0) is 8.55. The first-order chi connectivity index (χ1) is 5.75. The molecule has 0 N–H and O–H groups in total. The number of hydrogen-bond acceptors (Lipinski definition) is 1. The van der Waals surface area contributed by atoms with E-state index in [0.29, 0.717) is 0 Å². The maximum absolute atomic E-state index is 2.68. The highest BCUT2D eigenvalue weighted by Gasteiger charge is 2.29. The number of nitrogens with zero attached hydrogens (tertiary/aromatic N) is 1. The summed E-state index contributed by atoms with van der Waals surface area (Å²) in [6.07, 6.45) is 4.45. The molecule has 0 aromatic rings. The number of likely N-dealkylation sites (tertiary alicyclic amines) is 1. The molecule has 0 amide bonds. The van der Waals surface area contributed by atoms with Crippen molar-refractivity contribution in [2.24, 2.45) is 17.8 Å². The second-order valence-electron chi connectivity index (χ2n) is 5.00. The molecule has 1 atom stereocenters. The van der Waals surface area contributed by atoms with E-state index in [1.165, 1.54) is 38.9 Å². The lowest BCUT2D eigenvalue weighted by Crippen LogP contribution is -2.24. The first kappa shape index (κ1) is 8.55. The van der Waals surface area contributed by atoms with E-state index in [9.17, 15) is 0 Å². The lowest BCUT2D eigenvalue weighted by atomic mass is 9.95. The topological polar surface area (TPSA) is 3.24 Å². The van der Waals surface area contributed by atoms with Crippen molar-refractivity contribution in [2.75, 3.05) is 19.6 Å². The van der Waals surface area contributed by atoms with Crippen molar-refractivity contribution in [1.29, 1.82) is 0 Å². The van der Waals surface area contributed by atoms with E-state index in [0.717, 1.165) is 17.8 Å². The van der Waals surface area contributed by atoms with Crippen molar-refractivity contribution < 1.29 is 0 Å². The van der Waals surface area contributed by atoms with Crippen LogP contribution in [0.15, 0.2) is 0 Å². The summed E-state index contributed by atoms with van der Waals surface area (Å²) in [5.74, 6) is 2.97. The van der Waals surface area contributed by atoms with Crippen molar-refractivity contribution in [3.05, 3.63) is 0 Å². The van der Waals surface area contributed by atoms with E-state index < -0.39 is 0 Å². The minimum absolute atomic E-state index is 0.897. The van der Waals surface area contributed by atoms with E-state index in [1.807, 2.05) is 0 Å². The fraction of sp³-hybridized carbons (Fsp3) is 1.00. The molecule has 1 saturated carbocycles. The monoisotopic (exact) mass is 167 g/mol. The summed E-state index contributed by atoms with van der Waals surface area (Å²) >= 11 is 0. The summed E-state index contributed by atoms with van der Waals surface area (Å²) in [6, 6.07) is 0. The molecule has 0 aromatic carbocycles. The van der Waals surface area contributed by atoms with Gasteiger partial charge in [0.15, 0.2) is 0 Å². The van der Waals surface area contributed by atoms with Gasteiger partial charge in [0.2, 0.25) is 0 Å². The Morgan fingerprint density at radius 1 is 1.25 bits per heavy atom. The Bertz CT molecular complexity index is 149. The molecule has 1 heterocycles. The van der Waals surface area contributed by atoms with E-state index in [4.69, 9.17) is 0 Å². The van der Waals surface area contributed by atoms with Crippen molar-refractivity contribution in [3.8, 4) is 0 Å². The number of rotatable bonds is 3. The van der Waals surface area contributed by atoms with Crippen LogP contribution in [-0.4, -0.2) is 24.5 Å². The molecule has 12 heavy (non-hydrogen) atoms. The third-order valence-corrected chi connectivity index (χ3v) is 3.46. The molecule has 1 saturated heterocycles. The zero-order valence-electron chi connectivity index (χ0n) is 8.42. The summed E-state index contributed by atoms with van der Waals surface area (Å²) in [5.41, 5.74) is 0. The average Bonchev–Trinajstić information content (AvgIpc) is 2.66. The smallest absolute Gasteiger partial charge is 0.00127 e. The second kappa shape index (κ2) is 3.37. The quantitative estimate of drug-likeness (QED) is 0.624. The molecule has 1 aliphatic heterocycles. The van der Waals surface area contributed by atoms with E-state index in [-0.39, 0.29) is 0 Å². The van der Waals surface area contributed by atoms with Crippen LogP contribution in [0.4, 0.5) is 0 Å². The molecule has 0 bridgehead atoms. The molecule has 0 aromatic heterocycles. The van der Waals surface area contributed by atoms with E-state index in [1.54, 1.807) is 0 Å². The van der Waals surface area contributed by atoms with Gasteiger partial charge in [0.25, 0.3) is 0 Å². The highest BCUT2D eigenvalue weighted by molar-refractivity contribution is 4.83. The molecule has 1 heteroatoms. The zero-order valence-corrected chi connectivity index (χ0v) is 8.42. The third-order valence-electron chi connectivity index (χ3n) is 3.46. The van der Waals surface area contributed by atoms with Gasteiger partial charge >= 0.3 is 0 Å². The van der Waals surface area contributed by atoms with Crippen molar-refractivity contribution in [3.63, 3.8) is 0 Å². The first-order valence-corrected chi connectivity index (χ1v) is 5.48. The van der Waals surface area contributed by atoms with Crippen LogP contribution in [0.2, 0.25) is 0 Å². The Labute approximate surface area is 76.1 Å². The molecular weight excluding hydrogens is 146 g/mol. The Hall–Kier alpha value is -0.0400. The minimum atomic E-state index is 0.897. The summed E-state index contributed by atoms with van der Waals surface area (Å²) < 4.78 is 0. The molecule has 70 valence electrons. The average molecular weight is 167 g/mol. The summed E-state index contributed by atoms with van der Waals surface area (Å²) in [6.45, 7) is 8.90. The molecule has 2 aliphatic rings. The molecule has 1 aliphatic carbocycles. The van der Waals surface area contributed by atoms with Crippen molar-refractivity contribution >= 4 is 0 Å². The standard InChI is InChI=1S/C11H21N/c1-9(2)11-5-6-12(8-11)7-10-3-4-10/h9-11H,3-8H2,1-2H3/t11-/m1/s1. The van der Waals surface area contributed by atoms with Gasteiger partial charge in [-0.3, -0.25) is 0 Å². The SMILES string of the molecule is CC(C)[C@@H]1CCN(CC2CC2)C1. The number of hydrogen-bond donors (Lipinski definition) is 0. The van der Waals surface area contributed by atoms with Gasteiger partial charge in [0.05, 0.1) is 0 Å². The van der Waals surface area contributed by atoms with E-state index >= 15 is 0 Å². The van der Waals surface area contributed by atoms with Crippen LogP contribution < -0.4 is 0 Å². The fourth-order valence-electron chi connectivity index (χ4n) is 2.24. The predicted molar refractivity (Wildman–Crippen MR) is 52.1 cm³/mol. The lowest BCUT2D eigenvalue weighted by molar-refractivity contribution is 0.293. The molecular formula is C11H21N. The summed E-state index contributed by atoms with van der Waals surface area (Å²) in [4.78, 5) is 2.68. The summed E-state index contributed by atoms with van der Waals surface area (Å²) in [5, 5.41) is 0. The van der Waals surface area contributed by atoms with Crippen LogP contribution in [0.1, 0.15) is 33.1 Å². The van der Waals surface area contributed by atoms with Gasteiger partial charge in [-0.15, -0.1) is 0 Å². The van der Waals surface area contributed by atoms with Gasteiger partial charge < -0.3 is 4.90 Å². The Morgan fingerprint density at radius 2 is 2.00 bits per heavy atom. The van der Waals surface area contributed by atoms with Crippen molar-refractivity contribution in [2.45, 2.75) is 33.1 Å². The minimum Gasteiger partial charge on any atom is -0.303 e. The molecule has 2 rings (SSSR count). The Kier molecular flexibility index (Phi) is 2.40. The van der Waals surface area contributed by atoms with Crippen molar-refractivity contribution in [1.82, 2.24) is 4.90 Å². The van der Waals surface area contributed by atoms with Gasteiger partial charge in [-0.25, -0.2) is 0 Å². The third kappa shape index (κ3) is 2.01. The van der Waals surface area contributed by atoms with Crippen LogP contribution in [-0.2, 0) is 0 Å².